The van der Waals surface area contributed by atoms with Crippen molar-refractivity contribution < 1.29 is 17.3 Å². The second kappa shape index (κ2) is 6.52. The van der Waals surface area contributed by atoms with E-state index < -0.39 is 15.8 Å². The Balaban J connectivity index is 1.76. The van der Waals surface area contributed by atoms with Crippen molar-refractivity contribution in [2.75, 3.05) is 10.0 Å². The maximum atomic E-state index is 13.1. The van der Waals surface area contributed by atoms with Crippen LogP contribution in [0.1, 0.15) is 11.3 Å². The third-order valence-electron chi connectivity index (χ3n) is 3.33. The van der Waals surface area contributed by atoms with Gasteiger partial charge in [0.2, 0.25) is 0 Å². The minimum atomic E-state index is -3.83. The lowest BCUT2D eigenvalue weighted by Crippen LogP contribution is -2.14. The van der Waals surface area contributed by atoms with E-state index in [-0.39, 0.29) is 10.6 Å². The monoisotopic (exact) mass is 362 g/mol. The molecular formula is C16H15FN4O3S. The Labute approximate surface area is 143 Å². The third-order valence-corrected chi connectivity index (χ3v) is 4.87. The molecule has 0 unspecified atom stereocenters. The van der Waals surface area contributed by atoms with Crippen LogP contribution in [0.15, 0.2) is 52.0 Å². The normalized spacial score (nSPS) is 11.3. The fraction of sp³-hybridized carbons (Fsp3) is 0.125. The highest BCUT2D eigenvalue weighted by Crippen LogP contribution is 2.21. The van der Waals surface area contributed by atoms with Crippen LogP contribution < -0.4 is 10.0 Å². The largest absolute Gasteiger partial charge is 0.360 e. The van der Waals surface area contributed by atoms with Crippen molar-refractivity contribution in [3.63, 3.8) is 0 Å². The van der Waals surface area contributed by atoms with Crippen LogP contribution in [0.25, 0.3) is 0 Å². The lowest BCUT2D eigenvalue weighted by molar-refractivity contribution is 0.400. The number of hydrogen-bond donors (Lipinski definition) is 2. The smallest absolute Gasteiger partial charge is 0.262 e. The molecule has 3 rings (SSSR count). The number of aromatic nitrogens is 2. The zero-order valence-electron chi connectivity index (χ0n) is 13.4. The molecule has 130 valence electrons. The quantitative estimate of drug-likeness (QED) is 0.722. The van der Waals surface area contributed by atoms with Crippen LogP contribution in [0.2, 0.25) is 0 Å². The molecule has 3 aromatic rings. The van der Waals surface area contributed by atoms with Crippen LogP contribution >= 0.6 is 0 Å². The van der Waals surface area contributed by atoms with Gasteiger partial charge in [-0.05, 0) is 49.7 Å². The molecule has 0 saturated carbocycles. The van der Waals surface area contributed by atoms with E-state index in [1.54, 1.807) is 25.1 Å². The standard InChI is InChI=1S/C16H15FN4O3S/c1-10-7-12(17)3-5-14(10)25(22,23)21-13-4-6-15(18-9-13)19-16-8-11(2)24-20-16/h3-9,21H,1-2H3,(H,18,19,20). The number of rotatable bonds is 5. The van der Waals surface area contributed by atoms with Gasteiger partial charge in [-0.3, -0.25) is 4.72 Å². The lowest BCUT2D eigenvalue weighted by Gasteiger charge is -2.10. The Morgan fingerprint density at radius 2 is 1.88 bits per heavy atom. The van der Waals surface area contributed by atoms with Crippen molar-refractivity contribution in [3.05, 3.63) is 59.7 Å². The number of sulfonamides is 1. The number of benzene rings is 1. The van der Waals surface area contributed by atoms with Gasteiger partial charge >= 0.3 is 0 Å². The number of hydrogen-bond acceptors (Lipinski definition) is 6. The van der Waals surface area contributed by atoms with E-state index in [0.29, 0.717) is 23.0 Å². The van der Waals surface area contributed by atoms with Crippen molar-refractivity contribution in [1.82, 2.24) is 10.1 Å². The van der Waals surface area contributed by atoms with Gasteiger partial charge in [0.05, 0.1) is 16.8 Å². The van der Waals surface area contributed by atoms with Gasteiger partial charge in [-0.15, -0.1) is 0 Å². The van der Waals surface area contributed by atoms with Crippen molar-refractivity contribution in [3.8, 4) is 0 Å². The molecule has 0 aliphatic rings. The van der Waals surface area contributed by atoms with Crippen LogP contribution in [0.4, 0.5) is 21.7 Å². The van der Waals surface area contributed by atoms with Crippen LogP contribution in [-0.2, 0) is 10.0 Å². The summed E-state index contributed by atoms with van der Waals surface area (Å²) in [5, 5.41) is 6.71. The molecule has 0 aliphatic heterocycles. The number of halogens is 1. The van der Waals surface area contributed by atoms with Gasteiger partial charge in [-0.25, -0.2) is 17.8 Å². The molecule has 2 heterocycles. The average molecular weight is 362 g/mol. The molecular weight excluding hydrogens is 347 g/mol. The molecule has 7 nitrogen and oxygen atoms in total. The van der Waals surface area contributed by atoms with Crippen LogP contribution in [0.5, 0.6) is 0 Å². The van der Waals surface area contributed by atoms with Gasteiger partial charge in [0, 0.05) is 6.07 Å². The van der Waals surface area contributed by atoms with Gasteiger partial charge in [0.15, 0.2) is 5.82 Å². The Morgan fingerprint density at radius 1 is 1.08 bits per heavy atom. The summed E-state index contributed by atoms with van der Waals surface area (Å²) in [4.78, 5) is 4.13. The van der Waals surface area contributed by atoms with Crippen molar-refractivity contribution in [2.45, 2.75) is 18.7 Å². The second-order valence-electron chi connectivity index (χ2n) is 5.40. The Morgan fingerprint density at radius 3 is 2.48 bits per heavy atom. The minimum absolute atomic E-state index is 0.00849. The number of pyridine rings is 1. The van der Waals surface area contributed by atoms with Gasteiger partial charge in [-0.2, -0.15) is 0 Å². The molecule has 2 N–H and O–H groups in total. The van der Waals surface area contributed by atoms with E-state index in [1.807, 2.05) is 0 Å². The van der Waals surface area contributed by atoms with Gasteiger partial charge in [0.1, 0.15) is 17.4 Å². The molecule has 0 radical (unpaired) electrons. The highest BCUT2D eigenvalue weighted by molar-refractivity contribution is 7.92. The molecule has 0 aliphatic carbocycles. The topological polar surface area (TPSA) is 97.1 Å². The van der Waals surface area contributed by atoms with E-state index in [2.05, 4.69) is 20.2 Å². The Bertz CT molecular complexity index is 1000. The molecule has 25 heavy (non-hydrogen) atoms. The van der Waals surface area contributed by atoms with Crippen molar-refractivity contribution in [1.29, 1.82) is 0 Å². The molecule has 0 amide bonds. The Kier molecular flexibility index (Phi) is 4.41. The first-order valence-electron chi connectivity index (χ1n) is 7.29. The summed E-state index contributed by atoms with van der Waals surface area (Å²) < 4.78 is 45.3. The summed E-state index contributed by atoms with van der Waals surface area (Å²) in [6.07, 6.45) is 1.37. The summed E-state index contributed by atoms with van der Waals surface area (Å²) in [6.45, 7) is 3.30. The molecule has 1 aromatic carbocycles. The molecule has 2 aromatic heterocycles. The maximum Gasteiger partial charge on any atom is 0.262 e. The summed E-state index contributed by atoms with van der Waals surface area (Å²) in [7, 11) is -3.83. The van der Waals surface area contributed by atoms with Gasteiger partial charge in [0.25, 0.3) is 10.0 Å². The predicted octanol–water partition coefficient (Wildman–Crippen LogP) is 3.37. The van der Waals surface area contributed by atoms with E-state index in [0.717, 1.165) is 6.07 Å². The van der Waals surface area contributed by atoms with Crippen LogP contribution in [-0.4, -0.2) is 18.6 Å². The fourth-order valence-electron chi connectivity index (χ4n) is 2.21. The maximum absolute atomic E-state index is 13.1. The van der Waals surface area contributed by atoms with E-state index >= 15 is 0 Å². The first-order chi connectivity index (χ1) is 11.8. The number of nitrogens with one attached hydrogen (secondary N) is 2. The zero-order chi connectivity index (χ0) is 18.0. The Hall–Kier alpha value is -2.94. The number of anilines is 3. The van der Waals surface area contributed by atoms with Gasteiger partial charge in [-0.1, -0.05) is 5.16 Å². The number of nitrogens with zero attached hydrogens (tertiary/aromatic N) is 2. The van der Waals surface area contributed by atoms with Gasteiger partial charge < -0.3 is 9.84 Å². The lowest BCUT2D eigenvalue weighted by atomic mass is 10.2. The summed E-state index contributed by atoms with van der Waals surface area (Å²) in [6, 6.07) is 8.35. The molecule has 0 spiro atoms. The first-order valence-corrected chi connectivity index (χ1v) is 8.77. The summed E-state index contributed by atoms with van der Waals surface area (Å²) >= 11 is 0. The van der Waals surface area contributed by atoms with Crippen LogP contribution in [0, 0.1) is 19.7 Å². The predicted molar refractivity (Wildman–Crippen MR) is 90.7 cm³/mol. The van der Waals surface area contributed by atoms with E-state index in [1.165, 1.54) is 25.3 Å². The van der Waals surface area contributed by atoms with E-state index in [9.17, 15) is 12.8 Å². The molecule has 0 fully saturated rings. The SMILES string of the molecule is Cc1cc(Nc2ccc(NS(=O)(=O)c3ccc(F)cc3C)cn2)no1. The first kappa shape index (κ1) is 16.9. The van der Waals surface area contributed by atoms with E-state index in [4.69, 9.17) is 4.52 Å². The van der Waals surface area contributed by atoms with Crippen LogP contribution in [0.3, 0.4) is 0 Å². The van der Waals surface area contributed by atoms with Crippen molar-refractivity contribution in [2.24, 2.45) is 0 Å². The summed E-state index contributed by atoms with van der Waals surface area (Å²) in [5.74, 6) is 1.15. The zero-order valence-corrected chi connectivity index (χ0v) is 14.3. The third kappa shape index (κ3) is 3.94. The minimum Gasteiger partial charge on any atom is -0.360 e. The molecule has 0 saturated heterocycles. The highest BCUT2D eigenvalue weighted by atomic mass is 32.2. The molecule has 9 heteroatoms. The average Bonchev–Trinajstić information content (AvgIpc) is 2.93. The molecule has 0 bridgehead atoms. The molecule has 0 atom stereocenters. The second-order valence-corrected chi connectivity index (χ2v) is 7.05. The fourth-order valence-corrected chi connectivity index (χ4v) is 3.48. The number of aryl methyl sites for hydroxylation is 2. The highest BCUT2D eigenvalue weighted by Gasteiger charge is 2.17. The van der Waals surface area contributed by atoms with Crippen molar-refractivity contribution >= 4 is 27.3 Å². The summed E-state index contributed by atoms with van der Waals surface area (Å²) in [5.41, 5.74) is 0.603.